The monoisotopic (exact) mass is 333 g/mol. The average molecular weight is 334 g/mol. The molecule has 0 spiro atoms. The molecule has 106 valence electrons. The summed E-state index contributed by atoms with van der Waals surface area (Å²) >= 11 is 3.46. The Morgan fingerprint density at radius 1 is 1.20 bits per heavy atom. The Morgan fingerprint density at radius 2 is 1.95 bits per heavy atom. The van der Waals surface area contributed by atoms with Crippen LogP contribution >= 0.6 is 15.9 Å². The van der Waals surface area contributed by atoms with Gasteiger partial charge in [0.15, 0.2) is 0 Å². The van der Waals surface area contributed by atoms with Crippen molar-refractivity contribution in [1.82, 2.24) is 4.98 Å². The summed E-state index contributed by atoms with van der Waals surface area (Å²) in [5, 5.41) is 3.32. The zero-order chi connectivity index (χ0) is 14.4. The smallest absolute Gasteiger partial charge is 0.127 e. The molecular formula is C16H20BrN3. The zero-order valence-corrected chi connectivity index (χ0v) is 13.5. The van der Waals surface area contributed by atoms with Gasteiger partial charge in [0.25, 0.3) is 0 Å². The minimum atomic E-state index is 0.879. The molecule has 0 radical (unpaired) electrons. The van der Waals surface area contributed by atoms with Crippen LogP contribution in [0, 0.1) is 0 Å². The maximum absolute atomic E-state index is 4.33. The first kappa shape index (κ1) is 14.9. The number of hydrogen-bond donors (Lipinski definition) is 1. The van der Waals surface area contributed by atoms with Crippen molar-refractivity contribution in [2.45, 2.75) is 19.9 Å². The van der Waals surface area contributed by atoms with Crippen LogP contribution in [0.4, 0.5) is 11.5 Å². The molecule has 0 bridgehead atoms. The first-order chi connectivity index (χ1) is 9.69. The van der Waals surface area contributed by atoms with E-state index in [-0.39, 0.29) is 0 Å². The van der Waals surface area contributed by atoms with Gasteiger partial charge in [-0.3, -0.25) is 0 Å². The Balaban J connectivity index is 2.04. The number of benzene rings is 1. The lowest BCUT2D eigenvalue weighted by atomic mass is 10.2. The molecule has 0 aliphatic carbocycles. The molecule has 3 nitrogen and oxygen atoms in total. The second-order valence-electron chi connectivity index (χ2n) is 4.81. The molecule has 1 heterocycles. The molecule has 0 saturated heterocycles. The van der Waals surface area contributed by atoms with Crippen molar-refractivity contribution in [3.63, 3.8) is 0 Å². The number of aromatic nitrogens is 1. The fraction of sp³-hybridized carbons (Fsp3) is 0.312. The summed E-state index contributed by atoms with van der Waals surface area (Å²) in [6.07, 6.45) is 2.95. The van der Waals surface area contributed by atoms with E-state index in [2.05, 4.69) is 75.4 Å². The van der Waals surface area contributed by atoms with Crippen LogP contribution in [0.3, 0.4) is 0 Å². The van der Waals surface area contributed by atoms with Gasteiger partial charge in [-0.15, -0.1) is 0 Å². The highest BCUT2D eigenvalue weighted by Gasteiger charge is 2.04. The lowest BCUT2D eigenvalue weighted by molar-refractivity contribution is 0.918. The Kier molecular flexibility index (Phi) is 5.41. The van der Waals surface area contributed by atoms with E-state index >= 15 is 0 Å². The highest BCUT2D eigenvalue weighted by molar-refractivity contribution is 9.10. The molecule has 2 rings (SSSR count). The molecule has 2 aromatic rings. The molecule has 0 fully saturated rings. The highest BCUT2D eigenvalue weighted by Crippen LogP contribution is 2.19. The lowest BCUT2D eigenvalue weighted by Gasteiger charge is -2.20. The maximum atomic E-state index is 4.33. The van der Waals surface area contributed by atoms with Gasteiger partial charge >= 0.3 is 0 Å². The number of pyridine rings is 1. The highest BCUT2D eigenvalue weighted by atomic mass is 79.9. The topological polar surface area (TPSA) is 28.2 Å². The molecular weight excluding hydrogens is 314 g/mol. The van der Waals surface area contributed by atoms with E-state index in [0.29, 0.717) is 0 Å². The average Bonchev–Trinajstić information content (AvgIpc) is 2.48. The minimum Gasteiger partial charge on any atom is -0.370 e. The molecule has 0 aliphatic rings. The van der Waals surface area contributed by atoms with Crippen LogP contribution in [-0.4, -0.2) is 18.6 Å². The van der Waals surface area contributed by atoms with Crippen LogP contribution in [0.15, 0.2) is 47.1 Å². The molecule has 1 N–H and O–H groups in total. The van der Waals surface area contributed by atoms with Crippen LogP contribution in [-0.2, 0) is 6.54 Å². The van der Waals surface area contributed by atoms with E-state index in [9.17, 15) is 0 Å². The summed E-state index contributed by atoms with van der Waals surface area (Å²) in [5.41, 5.74) is 2.46. The number of hydrogen-bond acceptors (Lipinski definition) is 3. The van der Waals surface area contributed by atoms with Crippen molar-refractivity contribution < 1.29 is 0 Å². The van der Waals surface area contributed by atoms with Gasteiger partial charge in [-0.05, 0) is 30.2 Å². The molecule has 0 atom stereocenters. The fourth-order valence-electron chi connectivity index (χ4n) is 1.96. The molecule has 0 amide bonds. The normalized spacial score (nSPS) is 10.3. The van der Waals surface area contributed by atoms with Gasteiger partial charge in [0.1, 0.15) is 5.82 Å². The third-order valence-electron chi connectivity index (χ3n) is 3.07. The number of halogens is 1. The molecule has 1 aromatic carbocycles. The van der Waals surface area contributed by atoms with Gasteiger partial charge in [-0.1, -0.05) is 35.0 Å². The van der Waals surface area contributed by atoms with Crippen LogP contribution in [0.2, 0.25) is 0 Å². The Hall–Kier alpha value is -1.55. The number of nitrogens with one attached hydrogen (secondary N) is 1. The lowest BCUT2D eigenvalue weighted by Crippen LogP contribution is -2.16. The van der Waals surface area contributed by atoms with Crippen molar-refractivity contribution >= 4 is 27.4 Å². The first-order valence-corrected chi connectivity index (χ1v) is 7.64. The van der Waals surface area contributed by atoms with Crippen LogP contribution in [0.1, 0.15) is 18.9 Å². The van der Waals surface area contributed by atoms with Crippen LogP contribution < -0.4 is 10.2 Å². The molecule has 4 heteroatoms. The zero-order valence-electron chi connectivity index (χ0n) is 11.9. The number of anilines is 2. The van der Waals surface area contributed by atoms with Gasteiger partial charge in [0, 0.05) is 42.6 Å². The summed E-state index contributed by atoms with van der Waals surface area (Å²) in [6.45, 7) is 3.98. The predicted molar refractivity (Wildman–Crippen MR) is 89.3 cm³/mol. The summed E-state index contributed by atoms with van der Waals surface area (Å²) in [4.78, 5) is 6.56. The van der Waals surface area contributed by atoms with Crippen LogP contribution in [0.25, 0.3) is 0 Å². The quantitative estimate of drug-likeness (QED) is 0.854. The third-order valence-corrected chi connectivity index (χ3v) is 3.60. The second kappa shape index (κ2) is 7.29. The summed E-state index contributed by atoms with van der Waals surface area (Å²) in [6, 6.07) is 12.6. The van der Waals surface area contributed by atoms with Gasteiger partial charge in [0.05, 0.1) is 0 Å². The van der Waals surface area contributed by atoms with E-state index in [1.54, 1.807) is 0 Å². The number of nitrogens with zero attached hydrogens (tertiary/aromatic N) is 2. The van der Waals surface area contributed by atoms with Crippen LogP contribution in [0.5, 0.6) is 0 Å². The van der Waals surface area contributed by atoms with Gasteiger partial charge in [-0.2, -0.15) is 0 Å². The second-order valence-corrected chi connectivity index (χ2v) is 5.72. The largest absolute Gasteiger partial charge is 0.370 e. The Morgan fingerprint density at radius 3 is 2.65 bits per heavy atom. The van der Waals surface area contributed by atoms with E-state index in [1.165, 1.54) is 11.3 Å². The maximum Gasteiger partial charge on any atom is 0.127 e. The molecule has 0 saturated carbocycles. The summed E-state index contributed by atoms with van der Waals surface area (Å²) < 4.78 is 1.11. The minimum absolute atomic E-state index is 0.879. The van der Waals surface area contributed by atoms with Gasteiger partial charge < -0.3 is 10.2 Å². The predicted octanol–water partition coefficient (Wildman–Crippen LogP) is 4.30. The number of rotatable bonds is 6. The van der Waals surface area contributed by atoms with Crippen molar-refractivity contribution in [2.24, 2.45) is 0 Å². The van der Waals surface area contributed by atoms with Gasteiger partial charge in [-0.25, -0.2) is 4.98 Å². The molecule has 20 heavy (non-hydrogen) atoms. The SMILES string of the molecule is CCCNc1cc(N(C)Cc2ccc(Br)cc2)ccn1. The van der Waals surface area contributed by atoms with Crippen molar-refractivity contribution in [3.05, 3.63) is 52.6 Å². The summed E-state index contributed by atoms with van der Waals surface area (Å²) in [5.74, 6) is 0.937. The Bertz CT molecular complexity index is 540. The van der Waals surface area contributed by atoms with Crippen molar-refractivity contribution in [2.75, 3.05) is 23.8 Å². The van der Waals surface area contributed by atoms with E-state index in [4.69, 9.17) is 0 Å². The van der Waals surface area contributed by atoms with E-state index in [1.807, 2.05) is 12.3 Å². The van der Waals surface area contributed by atoms with Crippen molar-refractivity contribution in [1.29, 1.82) is 0 Å². The standard InChI is InChI=1S/C16H20BrN3/c1-3-9-18-16-11-15(8-10-19-16)20(2)12-13-4-6-14(17)7-5-13/h4-8,10-11H,3,9,12H2,1-2H3,(H,18,19). The van der Waals surface area contributed by atoms with E-state index < -0.39 is 0 Å². The molecule has 0 aliphatic heterocycles. The first-order valence-electron chi connectivity index (χ1n) is 6.84. The Labute approximate surface area is 129 Å². The fourth-order valence-corrected chi connectivity index (χ4v) is 2.23. The molecule has 0 unspecified atom stereocenters. The summed E-state index contributed by atoms with van der Waals surface area (Å²) in [7, 11) is 2.10. The van der Waals surface area contributed by atoms with E-state index in [0.717, 1.165) is 29.8 Å². The van der Waals surface area contributed by atoms with Crippen molar-refractivity contribution in [3.8, 4) is 0 Å². The third kappa shape index (κ3) is 4.23. The van der Waals surface area contributed by atoms with Gasteiger partial charge in [0.2, 0.25) is 0 Å². The molecule has 1 aromatic heterocycles.